The lowest BCUT2D eigenvalue weighted by atomic mass is 9.92. The predicted octanol–water partition coefficient (Wildman–Crippen LogP) is 0.603. The van der Waals surface area contributed by atoms with Gasteiger partial charge in [0, 0.05) is 0 Å². The number of aliphatic carboxylic acids is 1. The molecule has 1 aromatic carbocycles. The van der Waals surface area contributed by atoms with Crippen LogP contribution in [0.1, 0.15) is 5.56 Å². The molecule has 0 aliphatic carbocycles. The minimum Gasteiger partial charge on any atom is -0.481 e. The molecule has 1 atom stereocenters. The molecule has 16 heavy (non-hydrogen) atoms. The topological polar surface area (TPSA) is 92.4 Å². The highest BCUT2D eigenvalue weighted by Gasteiger charge is 2.33. The van der Waals surface area contributed by atoms with Crippen LogP contribution in [0.5, 0.6) is 0 Å². The third-order valence-electron chi connectivity index (χ3n) is 2.50. The van der Waals surface area contributed by atoms with Gasteiger partial charge in [-0.1, -0.05) is 0 Å². The van der Waals surface area contributed by atoms with Crippen molar-refractivity contribution in [1.29, 1.82) is 0 Å². The second-order valence-corrected chi connectivity index (χ2v) is 3.61. The third kappa shape index (κ3) is 1.58. The molecule has 0 bridgehead atoms. The van der Waals surface area contributed by atoms with Crippen molar-refractivity contribution in [1.82, 2.24) is 0 Å². The fraction of sp³-hybridized carbons (Fsp3) is 0.200. The Kier molecular flexibility index (Phi) is 2.26. The van der Waals surface area contributed by atoms with E-state index < -0.39 is 23.6 Å². The Morgan fingerprint density at radius 3 is 2.88 bits per heavy atom. The number of nitrogens with one attached hydrogen (secondary N) is 1. The molecule has 0 aromatic heterocycles. The number of hydrogen-bond donors (Lipinski definition) is 3. The number of carboxylic acid groups (broad SMARTS) is 1. The fourth-order valence-electron chi connectivity index (χ4n) is 1.72. The van der Waals surface area contributed by atoms with Crippen LogP contribution in [-0.4, -0.2) is 17.0 Å². The van der Waals surface area contributed by atoms with Crippen LogP contribution in [0.25, 0.3) is 0 Å². The Hall–Kier alpha value is -2.11. The average molecular weight is 224 g/mol. The van der Waals surface area contributed by atoms with Gasteiger partial charge < -0.3 is 16.2 Å². The van der Waals surface area contributed by atoms with E-state index in [1.165, 1.54) is 6.07 Å². The maximum Gasteiger partial charge on any atom is 0.316 e. The maximum atomic E-state index is 13.0. The third-order valence-corrected chi connectivity index (χ3v) is 2.50. The van der Waals surface area contributed by atoms with Crippen molar-refractivity contribution in [3.05, 3.63) is 23.5 Å². The number of carbonyl (C=O) groups excluding carboxylic acids is 1. The molecule has 0 fully saturated rings. The predicted molar refractivity (Wildman–Crippen MR) is 54.3 cm³/mol. The first-order valence-corrected chi connectivity index (χ1v) is 4.60. The number of amides is 1. The van der Waals surface area contributed by atoms with Crippen molar-refractivity contribution in [2.24, 2.45) is 5.92 Å². The van der Waals surface area contributed by atoms with Crippen LogP contribution in [0.4, 0.5) is 15.8 Å². The van der Waals surface area contributed by atoms with Crippen LogP contribution in [-0.2, 0) is 16.0 Å². The van der Waals surface area contributed by atoms with Gasteiger partial charge in [0.1, 0.15) is 11.7 Å². The molecule has 1 aliphatic rings. The van der Waals surface area contributed by atoms with E-state index in [0.717, 1.165) is 6.07 Å². The van der Waals surface area contributed by atoms with Gasteiger partial charge in [-0.15, -0.1) is 0 Å². The first-order valence-electron chi connectivity index (χ1n) is 4.60. The molecule has 4 N–H and O–H groups in total. The molecule has 6 heteroatoms. The van der Waals surface area contributed by atoms with Gasteiger partial charge in [0.15, 0.2) is 0 Å². The molecule has 1 amide bonds. The lowest BCUT2D eigenvalue weighted by molar-refractivity contribution is -0.145. The van der Waals surface area contributed by atoms with Gasteiger partial charge in [0.25, 0.3) is 0 Å². The molecule has 1 aromatic rings. The first-order chi connectivity index (χ1) is 7.49. The van der Waals surface area contributed by atoms with E-state index in [9.17, 15) is 14.0 Å². The normalized spacial score (nSPS) is 18.8. The zero-order chi connectivity index (χ0) is 11.9. The van der Waals surface area contributed by atoms with E-state index in [2.05, 4.69) is 5.32 Å². The number of carboxylic acids is 1. The SMILES string of the molecule is Nc1cc(F)cc2c1NC(=O)C(C(=O)O)C2. The second kappa shape index (κ2) is 3.48. The quantitative estimate of drug-likeness (QED) is 0.481. The molecule has 84 valence electrons. The molecule has 2 rings (SSSR count). The Labute approximate surface area is 90.1 Å². The van der Waals surface area contributed by atoms with Crippen molar-refractivity contribution >= 4 is 23.3 Å². The van der Waals surface area contributed by atoms with E-state index in [-0.39, 0.29) is 12.1 Å². The number of nitrogens with two attached hydrogens (primary N) is 1. The molecule has 0 spiro atoms. The number of anilines is 2. The molecule has 0 saturated carbocycles. The highest BCUT2D eigenvalue weighted by Crippen LogP contribution is 2.31. The summed E-state index contributed by atoms with van der Waals surface area (Å²) in [7, 11) is 0. The maximum absolute atomic E-state index is 13.0. The summed E-state index contributed by atoms with van der Waals surface area (Å²) < 4.78 is 13.0. The van der Waals surface area contributed by atoms with E-state index in [4.69, 9.17) is 10.8 Å². The first kappa shape index (κ1) is 10.4. The van der Waals surface area contributed by atoms with Crippen LogP contribution in [0.2, 0.25) is 0 Å². The number of nitrogen functional groups attached to an aromatic ring is 1. The van der Waals surface area contributed by atoms with Gasteiger partial charge in [0.2, 0.25) is 5.91 Å². The van der Waals surface area contributed by atoms with E-state index in [1.54, 1.807) is 0 Å². The molecule has 5 nitrogen and oxygen atoms in total. The molecule has 1 unspecified atom stereocenters. The van der Waals surface area contributed by atoms with Gasteiger partial charge in [-0.05, 0) is 24.1 Å². The number of halogens is 1. The monoisotopic (exact) mass is 224 g/mol. The van der Waals surface area contributed by atoms with Gasteiger partial charge in [0.05, 0.1) is 11.4 Å². The van der Waals surface area contributed by atoms with Crippen molar-refractivity contribution in [2.45, 2.75) is 6.42 Å². The Morgan fingerprint density at radius 1 is 1.56 bits per heavy atom. The van der Waals surface area contributed by atoms with Crippen LogP contribution in [0, 0.1) is 11.7 Å². The summed E-state index contributed by atoms with van der Waals surface area (Å²) in [5.74, 6) is -3.59. The fourth-order valence-corrected chi connectivity index (χ4v) is 1.72. The van der Waals surface area contributed by atoms with Gasteiger partial charge in [-0.25, -0.2) is 4.39 Å². The second-order valence-electron chi connectivity index (χ2n) is 3.61. The smallest absolute Gasteiger partial charge is 0.316 e. The number of fused-ring (bicyclic) bond motifs is 1. The number of hydrogen-bond acceptors (Lipinski definition) is 3. The highest BCUT2D eigenvalue weighted by molar-refractivity contribution is 6.08. The average Bonchev–Trinajstić information content (AvgIpc) is 2.18. The summed E-state index contributed by atoms with van der Waals surface area (Å²) in [5.41, 5.74) is 6.34. The minimum absolute atomic E-state index is 0.0432. The lowest BCUT2D eigenvalue weighted by Gasteiger charge is -2.23. The summed E-state index contributed by atoms with van der Waals surface area (Å²) in [4.78, 5) is 22.2. The standard InChI is InChI=1S/C10H9FN2O3/c11-5-1-4-2-6(10(15)16)9(14)13-8(4)7(12)3-5/h1,3,6H,2,12H2,(H,13,14)(H,15,16). The Bertz CT molecular complexity index is 487. The zero-order valence-electron chi connectivity index (χ0n) is 8.16. The zero-order valence-corrected chi connectivity index (χ0v) is 8.16. The summed E-state index contributed by atoms with van der Waals surface area (Å²) in [5, 5.41) is 11.2. The molecular formula is C10H9FN2O3. The molecular weight excluding hydrogens is 215 g/mol. The van der Waals surface area contributed by atoms with Crippen LogP contribution >= 0.6 is 0 Å². The lowest BCUT2D eigenvalue weighted by Crippen LogP contribution is -2.35. The molecule has 0 saturated heterocycles. The number of carbonyl (C=O) groups is 2. The van der Waals surface area contributed by atoms with Crippen molar-refractivity contribution in [3.8, 4) is 0 Å². The number of rotatable bonds is 1. The summed E-state index contributed by atoms with van der Waals surface area (Å²) in [6.45, 7) is 0. The van der Waals surface area contributed by atoms with Crippen LogP contribution < -0.4 is 11.1 Å². The summed E-state index contributed by atoms with van der Waals surface area (Å²) >= 11 is 0. The number of benzene rings is 1. The van der Waals surface area contributed by atoms with Crippen molar-refractivity contribution < 1.29 is 19.1 Å². The Balaban J connectivity index is 2.47. The van der Waals surface area contributed by atoms with E-state index in [1.807, 2.05) is 0 Å². The van der Waals surface area contributed by atoms with Gasteiger partial charge in [-0.3, -0.25) is 9.59 Å². The summed E-state index contributed by atoms with van der Waals surface area (Å²) in [6, 6.07) is 2.27. The largest absolute Gasteiger partial charge is 0.481 e. The highest BCUT2D eigenvalue weighted by atomic mass is 19.1. The minimum atomic E-state index is -1.23. The van der Waals surface area contributed by atoms with E-state index in [0.29, 0.717) is 11.3 Å². The van der Waals surface area contributed by atoms with Crippen LogP contribution in [0.3, 0.4) is 0 Å². The van der Waals surface area contributed by atoms with Crippen molar-refractivity contribution in [2.75, 3.05) is 11.1 Å². The summed E-state index contributed by atoms with van der Waals surface area (Å²) in [6.07, 6.45) is -0.0432. The molecule has 1 aliphatic heterocycles. The Morgan fingerprint density at radius 2 is 2.25 bits per heavy atom. The van der Waals surface area contributed by atoms with E-state index >= 15 is 0 Å². The molecule has 1 heterocycles. The molecule has 0 radical (unpaired) electrons. The van der Waals surface area contributed by atoms with Gasteiger partial charge in [-0.2, -0.15) is 0 Å². The van der Waals surface area contributed by atoms with Crippen molar-refractivity contribution in [3.63, 3.8) is 0 Å². The van der Waals surface area contributed by atoms with Gasteiger partial charge >= 0.3 is 5.97 Å². The van der Waals surface area contributed by atoms with Crippen LogP contribution in [0.15, 0.2) is 12.1 Å².